The Morgan fingerprint density at radius 1 is 1.19 bits per heavy atom. The fourth-order valence-corrected chi connectivity index (χ4v) is 7.06. The van der Waals surface area contributed by atoms with Crippen molar-refractivity contribution >= 4 is 16.9 Å². The molecule has 5 rings (SSSR count). The Morgan fingerprint density at radius 3 is 2.74 bits per heavy atom. The molecule has 144 valence electrons. The van der Waals surface area contributed by atoms with Gasteiger partial charge in [-0.05, 0) is 47.8 Å². The van der Waals surface area contributed by atoms with E-state index in [-0.39, 0.29) is 33.5 Å². The molecule has 3 fully saturated rings. The van der Waals surface area contributed by atoms with E-state index in [1.54, 1.807) is 0 Å². The first kappa shape index (κ1) is 17.0. The van der Waals surface area contributed by atoms with Crippen molar-refractivity contribution in [3.8, 4) is 0 Å². The summed E-state index contributed by atoms with van der Waals surface area (Å²) in [4.78, 5) is 46.6. The Morgan fingerprint density at radius 2 is 1.96 bits per heavy atom. The van der Waals surface area contributed by atoms with Crippen LogP contribution in [0.4, 0.5) is 0 Å². The van der Waals surface area contributed by atoms with Crippen LogP contribution in [-0.4, -0.2) is 25.3 Å². The third-order valence-corrected chi connectivity index (χ3v) is 8.12. The summed E-state index contributed by atoms with van der Waals surface area (Å²) < 4.78 is 1.52. The molecule has 0 aliphatic heterocycles. The van der Waals surface area contributed by atoms with Crippen molar-refractivity contribution in [2.24, 2.45) is 34.5 Å². The number of ketones is 1. The number of nitrogens with zero attached hydrogens (tertiary/aromatic N) is 2. The number of nitrogens with one attached hydrogen (secondary N) is 2. The van der Waals surface area contributed by atoms with Gasteiger partial charge in [0.05, 0.1) is 0 Å². The SMILES string of the molecule is CC1CCC2C3CC(=O)C(Cn4cnc5[nH]c(=O)[nH]c5c4=O)C13CC2(C)C. The normalized spacial score (nSPS) is 37.1. The van der Waals surface area contributed by atoms with Crippen molar-refractivity contribution in [1.82, 2.24) is 19.5 Å². The minimum absolute atomic E-state index is 0.0105. The van der Waals surface area contributed by atoms with Gasteiger partial charge < -0.3 is 0 Å². The standard InChI is InChI=1S/C20H26N4O3/c1-10-4-5-11-12-6-14(25)13(20(10,12)8-19(11,2)3)7-24-9-21-16-15(17(24)26)22-18(27)23-16/h9-13H,4-8H2,1-3H3,(H2,22,23,27). The Labute approximate surface area is 156 Å². The van der Waals surface area contributed by atoms with Crippen molar-refractivity contribution in [2.75, 3.05) is 0 Å². The van der Waals surface area contributed by atoms with Crippen molar-refractivity contribution in [1.29, 1.82) is 0 Å². The van der Waals surface area contributed by atoms with Gasteiger partial charge in [-0.25, -0.2) is 9.78 Å². The van der Waals surface area contributed by atoms with Gasteiger partial charge >= 0.3 is 5.69 Å². The number of hydrogen-bond acceptors (Lipinski definition) is 4. The highest BCUT2D eigenvalue weighted by Crippen LogP contribution is 2.72. The number of fused-ring (bicyclic) bond motifs is 1. The lowest BCUT2D eigenvalue weighted by molar-refractivity contribution is -0.124. The number of carbonyl (C=O) groups is 1. The zero-order valence-corrected chi connectivity index (χ0v) is 16.0. The minimum Gasteiger partial charge on any atom is -0.300 e. The van der Waals surface area contributed by atoms with Gasteiger partial charge in [0.2, 0.25) is 0 Å². The molecule has 7 heteroatoms. The zero-order valence-electron chi connectivity index (χ0n) is 16.0. The minimum atomic E-state index is -0.441. The number of H-pyrrole nitrogens is 2. The average molecular weight is 370 g/mol. The topological polar surface area (TPSA) is 101 Å². The second-order valence-corrected chi connectivity index (χ2v) is 9.70. The summed E-state index contributed by atoms with van der Waals surface area (Å²) in [6.07, 6.45) is 5.54. The molecule has 0 radical (unpaired) electrons. The summed E-state index contributed by atoms with van der Waals surface area (Å²) in [5.74, 6) is 1.67. The molecule has 0 saturated heterocycles. The van der Waals surface area contributed by atoms with E-state index in [1.165, 1.54) is 17.3 Å². The molecule has 2 aromatic rings. The number of rotatable bonds is 2. The van der Waals surface area contributed by atoms with E-state index in [1.807, 2.05) is 0 Å². The van der Waals surface area contributed by atoms with E-state index in [4.69, 9.17) is 0 Å². The summed E-state index contributed by atoms with van der Waals surface area (Å²) in [5, 5.41) is 0. The highest BCUT2D eigenvalue weighted by atomic mass is 16.1. The molecule has 7 nitrogen and oxygen atoms in total. The first-order valence-corrected chi connectivity index (χ1v) is 9.94. The summed E-state index contributed by atoms with van der Waals surface area (Å²) in [6.45, 7) is 7.35. The largest absolute Gasteiger partial charge is 0.325 e. The van der Waals surface area contributed by atoms with Crippen LogP contribution in [0.2, 0.25) is 0 Å². The van der Waals surface area contributed by atoms with Gasteiger partial charge in [-0.1, -0.05) is 20.8 Å². The molecular weight excluding hydrogens is 344 g/mol. The lowest BCUT2D eigenvalue weighted by Gasteiger charge is -2.44. The van der Waals surface area contributed by atoms with Crippen LogP contribution in [0.15, 0.2) is 15.9 Å². The second kappa shape index (κ2) is 5.20. The van der Waals surface area contributed by atoms with E-state index >= 15 is 0 Å². The number of aromatic nitrogens is 4. The van der Waals surface area contributed by atoms with Gasteiger partial charge in [0.1, 0.15) is 12.1 Å². The predicted molar refractivity (Wildman–Crippen MR) is 100 cm³/mol. The van der Waals surface area contributed by atoms with E-state index in [2.05, 4.69) is 35.7 Å². The van der Waals surface area contributed by atoms with Crippen LogP contribution in [-0.2, 0) is 11.3 Å². The van der Waals surface area contributed by atoms with E-state index in [0.29, 0.717) is 36.5 Å². The molecule has 3 aliphatic rings. The number of imidazole rings is 1. The van der Waals surface area contributed by atoms with Gasteiger partial charge in [-0.2, -0.15) is 0 Å². The fraction of sp³-hybridized carbons (Fsp3) is 0.700. The maximum absolute atomic E-state index is 13.1. The molecule has 0 aromatic carbocycles. The van der Waals surface area contributed by atoms with Gasteiger partial charge in [-0.15, -0.1) is 0 Å². The van der Waals surface area contributed by atoms with Gasteiger partial charge in [0, 0.05) is 18.9 Å². The number of aromatic amines is 2. The number of carbonyl (C=O) groups excluding carboxylic acids is 1. The Kier molecular flexibility index (Phi) is 3.27. The molecule has 2 heterocycles. The predicted octanol–water partition coefficient (Wildman–Crippen LogP) is 2.08. The summed E-state index contributed by atoms with van der Waals surface area (Å²) in [7, 11) is 0. The lowest BCUT2D eigenvalue weighted by atomic mass is 9.60. The summed E-state index contributed by atoms with van der Waals surface area (Å²) >= 11 is 0. The van der Waals surface area contributed by atoms with Crippen LogP contribution in [0.3, 0.4) is 0 Å². The maximum Gasteiger partial charge on any atom is 0.325 e. The molecule has 3 saturated carbocycles. The van der Waals surface area contributed by atoms with Crippen molar-refractivity contribution in [3.05, 3.63) is 27.2 Å². The zero-order chi connectivity index (χ0) is 19.1. The van der Waals surface area contributed by atoms with Crippen LogP contribution in [0.5, 0.6) is 0 Å². The molecule has 2 aromatic heterocycles. The van der Waals surface area contributed by atoms with Gasteiger partial charge in [0.15, 0.2) is 11.2 Å². The maximum atomic E-state index is 13.1. The third-order valence-electron chi connectivity index (χ3n) is 8.12. The summed E-state index contributed by atoms with van der Waals surface area (Å²) in [5.41, 5.74) is -0.0457. The van der Waals surface area contributed by atoms with E-state index < -0.39 is 5.69 Å². The Bertz CT molecular complexity index is 1060. The van der Waals surface area contributed by atoms with E-state index in [9.17, 15) is 14.4 Å². The molecule has 2 N–H and O–H groups in total. The molecule has 0 amide bonds. The molecule has 2 bridgehead atoms. The average Bonchev–Trinajstić information content (AvgIpc) is 3.14. The van der Waals surface area contributed by atoms with Crippen LogP contribution in [0, 0.1) is 34.5 Å². The fourth-order valence-electron chi connectivity index (χ4n) is 7.06. The van der Waals surface area contributed by atoms with Crippen LogP contribution >= 0.6 is 0 Å². The number of hydrogen-bond donors (Lipinski definition) is 2. The van der Waals surface area contributed by atoms with Crippen LogP contribution in [0.25, 0.3) is 11.2 Å². The van der Waals surface area contributed by atoms with E-state index in [0.717, 1.165) is 12.8 Å². The quantitative estimate of drug-likeness (QED) is 0.845. The first-order chi connectivity index (χ1) is 12.7. The molecule has 5 atom stereocenters. The third kappa shape index (κ3) is 2.08. The molecule has 0 spiro atoms. The molecule has 27 heavy (non-hydrogen) atoms. The van der Waals surface area contributed by atoms with Crippen LogP contribution in [0.1, 0.15) is 46.5 Å². The smallest absolute Gasteiger partial charge is 0.300 e. The molecule has 3 aliphatic carbocycles. The number of Topliss-reactive ketones (excluding diaryl/α,β-unsaturated/α-hetero) is 1. The van der Waals surface area contributed by atoms with Crippen LogP contribution < -0.4 is 11.2 Å². The molecule has 5 unspecified atom stereocenters. The second-order valence-electron chi connectivity index (χ2n) is 9.70. The first-order valence-electron chi connectivity index (χ1n) is 9.94. The highest BCUT2D eigenvalue weighted by molar-refractivity contribution is 5.85. The van der Waals surface area contributed by atoms with Crippen molar-refractivity contribution in [3.63, 3.8) is 0 Å². The highest BCUT2D eigenvalue weighted by Gasteiger charge is 2.68. The van der Waals surface area contributed by atoms with Crippen molar-refractivity contribution in [2.45, 2.75) is 53.0 Å². The lowest BCUT2D eigenvalue weighted by Crippen LogP contribution is -2.43. The summed E-state index contributed by atoms with van der Waals surface area (Å²) in [6, 6.07) is 0. The van der Waals surface area contributed by atoms with Crippen molar-refractivity contribution < 1.29 is 4.79 Å². The Hall–Kier alpha value is -2.18. The van der Waals surface area contributed by atoms with Gasteiger partial charge in [-0.3, -0.25) is 24.1 Å². The monoisotopic (exact) mass is 370 g/mol. The molecular formula is C20H26N4O3. The van der Waals surface area contributed by atoms with Gasteiger partial charge in [0.25, 0.3) is 5.56 Å². The Balaban J connectivity index is 1.59.